The average molecular weight is 441 g/mol. The highest BCUT2D eigenvalue weighted by Crippen LogP contribution is 2.30. The van der Waals surface area contributed by atoms with Crippen LogP contribution >= 0.6 is 11.6 Å². The number of carbonyl (C=O) groups excluding carboxylic acids is 1. The molecule has 2 N–H and O–H groups in total. The molecule has 0 heterocycles. The number of fused-ring (bicyclic) bond motifs is 1. The van der Waals surface area contributed by atoms with Gasteiger partial charge in [0.2, 0.25) is 0 Å². The van der Waals surface area contributed by atoms with E-state index in [0.29, 0.717) is 5.69 Å². The van der Waals surface area contributed by atoms with Crippen LogP contribution in [0, 0.1) is 0 Å². The van der Waals surface area contributed by atoms with Gasteiger partial charge in [0.25, 0.3) is 15.9 Å². The fourth-order valence-electron chi connectivity index (χ4n) is 3.71. The van der Waals surface area contributed by atoms with Crippen molar-refractivity contribution < 1.29 is 13.2 Å². The van der Waals surface area contributed by atoms with Crippen LogP contribution < -0.4 is 10.0 Å². The maximum Gasteiger partial charge on any atom is 0.263 e. The second-order valence-electron chi connectivity index (χ2n) is 7.23. The molecule has 1 aliphatic rings. The van der Waals surface area contributed by atoms with E-state index in [1.165, 1.54) is 23.8 Å². The Hall–Kier alpha value is -2.83. The van der Waals surface area contributed by atoms with Gasteiger partial charge in [-0.2, -0.15) is 0 Å². The summed E-state index contributed by atoms with van der Waals surface area (Å²) in [6.07, 6.45) is 2.83. The van der Waals surface area contributed by atoms with Gasteiger partial charge >= 0.3 is 0 Å². The molecule has 30 heavy (non-hydrogen) atoms. The number of amides is 1. The van der Waals surface area contributed by atoms with Crippen molar-refractivity contribution in [2.45, 2.75) is 30.2 Å². The van der Waals surface area contributed by atoms with Gasteiger partial charge in [-0.15, -0.1) is 0 Å². The number of benzene rings is 3. The van der Waals surface area contributed by atoms with E-state index in [1.807, 2.05) is 18.2 Å². The third-order valence-corrected chi connectivity index (χ3v) is 7.05. The monoisotopic (exact) mass is 440 g/mol. The van der Waals surface area contributed by atoms with Gasteiger partial charge in [0.1, 0.15) is 4.90 Å². The molecule has 3 aromatic rings. The molecule has 0 fully saturated rings. The Bertz CT molecular complexity index is 1180. The predicted octanol–water partition coefficient (Wildman–Crippen LogP) is 4.95. The van der Waals surface area contributed by atoms with Crippen LogP contribution in [0.2, 0.25) is 5.02 Å². The Morgan fingerprint density at radius 2 is 1.70 bits per heavy atom. The number of sulfonamides is 1. The minimum Gasteiger partial charge on any atom is -0.345 e. The number of anilines is 1. The minimum atomic E-state index is -3.94. The van der Waals surface area contributed by atoms with Gasteiger partial charge in [-0.25, -0.2) is 8.42 Å². The molecule has 0 saturated carbocycles. The molecule has 3 aromatic carbocycles. The van der Waals surface area contributed by atoms with Crippen LogP contribution in [0.15, 0.2) is 77.7 Å². The van der Waals surface area contributed by atoms with E-state index in [2.05, 4.69) is 16.1 Å². The van der Waals surface area contributed by atoms with Crippen molar-refractivity contribution in [3.63, 3.8) is 0 Å². The largest absolute Gasteiger partial charge is 0.345 e. The maximum atomic E-state index is 12.9. The molecule has 4 rings (SSSR count). The summed E-state index contributed by atoms with van der Waals surface area (Å²) in [6.45, 7) is 0. The van der Waals surface area contributed by atoms with Crippen LogP contribution in [0.5, 0.6) is 0 Å². The lowest BCUT2D eigenvalue weighted by Crippen LogP contribution is -2.31. The number of para-hydroxylation sites is 1. The highest BCUT2D eigenvalue weighted by molar-refractivity contribution is 7.92. The van der Waals surface area contributed by atoms with E-state index in [0.717, 1.165) is 24.8 Å². The van der Waals surface area contributed by atoms with E-state index in [-0.39, 0.29) is 27.4 Å². The summed E-state index contributed by atoms with van der Waals surface area (Å²) in [5.41, 5.74) is 3.02. The van der Waals surface area contributed by atoms with E-state index < -0.39 is 10.0 Å². The second-order valence-corrected chi connectivity index (χ2v) is 9.29. The number of hydrogen-bond acceptors (Lipinski definition) is 3. The van der Waals surface area contributed by atoms with Crippen molar-refractivity contribution >= 4 is 33.2 Å². The topological polar surface area (TPSA) is 75.3 Å². The molecule has 0 radical (unpaired) electrons. The predicted molar refractivity (Wildman–Crippen MR) is 118 cm³/mol. The van der Waals surface area contributed by atoms with Crippen molar-refractivity contribution in [3.8, 4) is 0 Å². The van der Waals surface area contributed by atoms with Crippen molar-refractivity contribution in [3.05, 3.63) is 94.5 Å². The summed E-state index contributed by atoms with van der Waals surface area (Å²) in [4.78, 5) is 12.8. The van der Waals surface area contributed by atoms with Crippen molar-refractivity contribution in [1.29, 1.82) is 0 Å². The maximum absolute atomic E-state index is 12.9. The molecule has 0 saturated heterocycles. The summed E-state index contributed by atoms with van der Waals surface area (Å²) < 4.78 is 28.1. The smallest absolute Gasteiger partial charge is 0.263 e. The molecule has 1 amide bonds. The number of carbonyl (C=O) groups is 1. The standard InChI is InChI=1S/C23H21ClN2O3S/c24-20-14-13-17(15-22(20)30(28,29)26-18-9-2-1-3-10-18)23(27)25-21-12-6-8-16-7-4-5-11-19(16)21/h1-5,7,9-11,13-15,21,26H,6,8,12H2,(H,25,27)/t21-/m0/s1. The Morgan fingerprint density at radius 3 is 2.50 bits per heavy atom. The number of rotatable bonds is 5. The van der Waals surface area contributed by atoms with Crippen molar-refractivity contribution in [1.82, 2.24) is 5.32 Å². The molecule has 0 unspecified atom stereocenters. The van der Waals surface area contributed by atoms with Crippen molar-refractivity contribution in [2.75, 3.05) is 4.72 Å². The number of hydrogen-bond donors (Lipinski definition) is 2. The van der Waals surface area contributed by atoms with Crippen LogP contribution in [0.3, 0.4) is 0 Å². The number of aryl methyl sites for hydroxylation is 1. The fourth-order valence-corrected chi connectivity index (χ4v) is 5.30. The molecular formula is C23H21ClN2O3S. The molecule has 0 bridgehead atoms. The highest BCUT2D eigenvalue weighted by Gasteiger charge is 2.24. The average Bonchev–Trinajstić information content (AvgIpc) is 2.74. The molecule has 1 aliphatic carbocycles. The van der Waals surface area contributed by atoms with Gasteiger partial charge in [-0.3, -0.25) is 9.52 Å². The highest BCUT2D eigenvalue weighted by atomic mass is 35.5. The minimum absolute atomic E-state index is 0.0537. The first kappa shape index (κ1) is 20.4. The van der Waals surface area contributed by atoms with Crippen LogP contribution in [0.1, 0.15) is 40.4 Å². The van der Waals surface area contributed by atoms with Crippen LogP contribution in [0.4, 0.5) is 5.69 Å². The SMILES string of the molecule is O=C(N[C@H]1CCCc2ccccc21)c1ccc(Cl)c(S(=O)(=O)Nc2ccccc2)c1. The van der Waals surface area contributed by atoms with Gasteiger partial charge in [-0.1, -0.05) is 54.1 Å². The molecular weight excluding hydrogens is 420 g/mol. The Morgan fingerprint density at radius 1 is 0.967 bits per heavy atom. The molecule has 154 valence electrons. The van der Waals surface area contributed by atoms with Crippen molar-refractivity contribution in [2.24, 2.45) is 0 Å². The first-order valence-electron chi connectivity index (χ1n) is 9.70. The van der Waals surface area contributed by atoms with E-state index in [9.17, 15) is 13.2 Å². The van der Waals surface area contributed by atoms with Crippen LogP contribution in [0.25, 0.3) is 0 Å². The lowest BCUT2D eigenvalue weighted by atomic mass is 9.87. The van der Waals surface area contributed by atoms with Gasteiger partial charge in [-0.05, 0) is 60.7 Å². The van der Waals surface area contributed by atoms with E-state index in [4.69, 9.17) is 11.6 Å². The first-order chi connectivity index (χ1) is 14.4. The molecule has 5 nitrogen and oxygen atoms in total. The second kappa shape index (κ2) is 8.50. The lowest BCUT2D eigenvalue weighted by Gasteiger charge is -2.26. The van der Waals surface area contributed by atoms with Crippen LogP contribution in [-0.4, -0.2) is 14.3 Å². The summed E-state index contributed by atoms with van der Waals surface area (Å²) in [6, 6.07) is 20.8. The zero-order valence-corrected chi connectivity index (χ0v) is 17.7. The summed E-state index contributed by atoms with van der Waals surface area (Å²) in [5.74, 6) is -0.329. The number of nitrogens with one attached hydrogen (secondary N) is 2. The van der Waals surface area contributed by atoms with Gasteiger partial charge in [0.15, 0.2) is 0 Å². The molecule has 1 atom stereocenters. The van der Waals surface area contributed by atoms with Gasteiger partial charge in [0.05, 0.1) is 11.1 Å². The summed E-state index contributed by atoms with van der Waals surface area (Å²) >= 11 is 6.16. The number of halogens is 1. The fraction of sp³-hybridized carbons (Fsp3) is 0.174. The Balaban J connectivity index is 1.58. The Labute approximate surface area is 181 Å². The lowest BCUT2D eigenvalue weighted by molar-refractivity contribution is 0.0932. The Kier molecular flexibility index (Phi) is 5.79. The molecule has 0 aliphatic heterocycles. The molecule has 0 aromatic heterocycles. The quantitative estimate of drug-likeness (QED) is 0.589. The van der Waals surface area contributed by atoms with E-state index in [1.54, 1.807) is 30.3 Å². The first-order valence-corrected chi connectivity index (χ1v) is 11.6. The van der Waals surface area contributed by atoms with Gasteiger partial charge in [0, 0.05) is 11.3 Å². The third-order valence-electron chi connectivity index (χ3n) is 5.18. The normalized spacial score (nSPS) is 15.8. The zero-order valence-electron chi connectivity index (χ0n) is 16.1. The summed E-state index contributed by atoms with van der Waals surface area (Å²) in [5, 5.41) is 3.10. The molecule has 0 spiro atoms. The summed E-state index contributed by atoms with van der Waals surface area (Å²) in [7, 11) is -3.94. The third kappa shape index (κ3) is 4.35. The van der Waals surface area contributed by atoms with E-state index >= 15 is 0 Å². The molecule has 7 heteroatoms. The van der Waals surface area contributed by atoms with Gasteiger partial charge < -0.3 is 5.32 Å². The zero-order chi connectivity index (χ0) is 21.1. The van der Waals surface area contributed by atoms with Crippen LogP contribution in [-0.2, 0) is 16.4 Å².